The predicted molar refractivity (Wildman–Crippen MR) is 120 cm³/mol. The summed E-state index contributed by atoms with van der Waals surface area (Å²) < 4.78 is 5.08. The number of benzene rings is 3. The molecule has 7 heteroatoms. The summed E-state index contributed by atoms with van der Waals surface area (Å²) in [6.07, 6.45) is -1.03. The molecule has 31 heavy (non-hydrogen) atoms. The summed E-state index contributed by atoms with van der Waals surface area (Å²) in [6, 6.07) is 23.4. The molecule has 0 aliphatic rings. The van der Waals surface area contributed by atoms with Crippen molar-refractivity contribution in [2.45, 2.75) is 13.0 Å². The Kier molecular flexibility index (Phi) is 7.40. The standard InChI is InChI=1S/C24H21ClN2O4/c1-16(23(29)27-21-9-5-8-20(25)14-21)31-22(28)15-26-24(30)19-12-10-18(11-13-19)17-6-3-2-4-7-17/h2-14,16H,15H2,1H3,(H,26,30)(H,27,29)/t16-/m1/s1. The van der Waals surface area contributed by atoms with Crippen molar-refractivity contribution in [2.75, 3.05) is 11.9 Å². The van der Waals surface area contributed by atoms with E-state index in [4.69, 9.17) is 16.3 Å². The van der Waals surface area contributed by atoms with Crippen molar-refractivity contribution in [1.82, 2.24) is 5.32 Å². The number of rotatable bonds is 7. The van der Waals surface area contributed by atoms with Gasteiger partial charge < -0.3 is 15.4 Å². The molecule has 3 aromatic carbocycles. The van der Waals surface area contributed by atoms with Crippen LogP contribution in [-0.2, 0) is 14.3 Å². The topological polar surface area (TPSA) is 84.5 Å². The summed E-state index contributed by atoms with van der Waals surface area (Å²) in [5, 5.41) is 5.58. The fourth-order valence-electron chi connectivity index (χ4n) is 2.80. The van der Waals surface area contributed by atoms with Gasteiger partial charge in [0.05, 0.1) is 0 Å². The lowest BCUT2D eigenvalue weighted by Crippen LogP contribution is -2.35. The number of anilines is 1. The molecule has 0 bridgehead atoms. The van der Waals surface area contributed by atoms with Gasteiger partial charge in [-0.1, -0.05) is 60.1 Å². The molecule has 0 aromatic heterocycles. The molecule has 0 saturated heterocycles. The highest BCUT2D eigenvalue weighted by Gasteiger charge is 2.18. The highest BCUT2D eigenvalue weighted by atomic mass is 35.5. The zero-order valence-electron chi connectivity index (χ0n) is 16.8. The molecule has 6 nitrogen and oxygen atoms in total. The Labute approximate surface area is 185 Å². The van der Waals surface area contributed by atoms with Crippen LogP contribution in [0.25, 0.3) is 11.1 Å². The third-order valence-electron chi connectivity index (χ3n) is 4.42. The zero-order chi connectivity index (χ0) is 22.2. The van der Waals surface area contributed by atoms with E-state index in [1.165, 1.54) is 6.92 Å². The highest BCUT2D eigenvalue weighted by Crippen LogP contribution is 2.19. The van der Waals surface area contributed by atoms with E-state index in [0.717, 1.165) is 11.1 Å². The van der Waals surface area contributed by atoms with Gasteiger partial charge in [0, 0.05) is 16.3 Å². The smallest absolute Gasteiger partial charge is 0.326 e. The Balaban J connectivity index is 1.47. The lowest BCUT2D eigenvalue weighted by molar-refractivity contribution is -0.152. The minimum atomic E-state index is -1.03. The largest absolute Gasteiger partial charge is 0.451 e. The van der Waals surface area contributed by atoms with Gasteiger partial charge in [-0.25, -0.2) is 0 Å². The average molecular weight is 437 g/mol. The first-order valence-electron chi connectivity index (χ1n) is 9.62. The second kappa shape index (κ2) is 10.4. The van der Waals surface area contributed by atoms with Crippen LogP contribution in [0.15, 0.2) is 78.9 Å². The van der Waals surface area contributed by atoms with Crippen molar-refractivity contribution in [2.24, 2.45) is 0 Å². The number of hydrogen-bond acceptors (Lipinski definition) is 4. The van der Waals surface area contributed by atoms with Gasteiger partial charge in [0.2, 0.25) is 0 Å². The first-order valence-corrected chi connectivity index (χ1v) is 10.00. The summed E-state index contributed by atoms with van der Waals surface area (Å²) in [5.74, 6) is -1.63. The van der Waals surface area contributed by atoms with Gasteiger partial charge in [-0.3, -0.25) is 14.4 Å². The van der Waals surface area contributed by atoms with E-state index in [1.54, 1.807) is 36.4 Å². The van der Waals surface area contributed by atoms with Crippen molar-refractivity contribution in [3.8, 4) is 11.1 Å². The lowest BCUT2D eigenvalue weighted by Gasteiger charge is -2.14. The van der Waals surface area contributed by atoms with Gasteiger partial charge in [-0.15, -0.1) is 0 Å². The van der Waals surface area contributed by atoms with Gasteiger partial charge >= 0.3 is 5.97 Å². The third kappa shape index (κ3) is 6.42. The maximum atomic E-state index is 12.3. The normalized spacial score (nSPS) is 11.3. The fraction of sp³-hybridized carbons (Fsp3) is 0.125. The lowest BCUT2D eigenvalue weighted by atomic mass is 10.0. The number of amides is 2. The highest BCUT2D eigenvalue weighted by molar-refractivity contribution is 6.30. The summed E-state index contributed by atoms with van der Waals surface area (Å²) in [4.78, 5) is 36.4. The summed E-state index contributed by atoms with van der Waals surface area (Å²) in [6.45, 7) is 1.09. The molecule has 3 rings (SSSR count). The molecule has 0 saturated carbocycles. The molecule has 0 aliphatic heterocycles. The monoisotopic (exact) mass is 436 g/mol. The fourth-order valence-corrected chi connectivity index (χ4v) is 2.99. The van der Waals surface area contributed by atoms with Gasteiger partial charge in [0.1, 0.15) is 6.54 Å². The van der Waals surface area contributed by atoms with E-state index in [1.807, 2.05) is 42.5 Å². The van der Waals surface area contributed by atoms with Crippen molar-refractivity contribution in [1.29, 1.82) is 0 Å². The Morgan fingerprint density at radius 2 is 1.58 bits per heavy atom. The Morgan fingerprint density at radius 3 is 2.26 bits per heavy atom. The zero-order valence-corrected chi connectivity index (χ0v) is 17.6. The number of nitrogens with one attached hydrogen (secondary N) is 2. The third-order valence-corrected chi connectivity index (χ3v) is 4.65. The molecule has 2 N–H and O–H groups in total. The number of halogens is 1. The van der Waals surface area contributed by atoms with Crippen LogP contribution in [0.3, 0.4) is 0 Å². The summed E-state index contributed by atoms with van der Waals surface area (Å²) >= 11 is 5.88. The minimum Gasteiger partial charge on any atom is -0.451 e. The van der Waals surface area contributed by atoms with Crippen LogP contribution in [-0.4, -0.2) is 30.4 Å². The SMILES string of the molecule is C[C@@H](OC(=O)CNC(=O)c1ccc(-c2ccccc2)cc1)C(=O)Nc1cccc(Cl)c1. The molecule has 1 atom stereocenters. The van der Waals surface area contributed by atoms with Crippen LogP contribution in [0, 0.1) is 0 Å². The Morgan fingerprint density at radius 1 is 0.903 bits per heavy atom. The van der Waals surface area contributed by atoms with Crippen molar-refractivity contribution in [3.05, 3.63) is 89.4 Å². The van der Waals surface area contributed by atoms with Crippen LogP contribution in [0.2, 0.25) is 5.02 Å². The molecular weight excluding hydrogens is 416 g/mol. The van der Waals surface area contributed by atoms with Crippen LogP contribution in [0.5, 0.6) is 0 Å². The van der Waals surface area contributed by atoms with Crippen molar-refractivity contribution in [3.63, 3.8) is 0 Å². The van der Waals surface area contributed by atoms with Crippen LogP contribution >= 0.6 is 11.6 Å². The minimum absolute atomic E-state index is 0.353. The number of ether oxygens (including phenoxy) is 1. The Hall–Kier alpha value is -3.64. The molecule has 158 valence electrons. The number of carbonyl (C=O) groups excluding carboxylic acids is 3. The average Bonchev–Trinajstić information content (AvgIpc) is 2.78. The van der Waals surface area contributed by atoms with Gasteiger partial charge in [0.25, 0.3) is 11.8 Å². The first-order chi connectivity index (χ1) is 14.9. The van der Waals surface area contributed by atoms with E-state index in [0.29, 0.717) is 16.3 Å². The molecule has 0 fully saturated rings. The maximum Gasteiger partial charge on any atom is 0.326 e. The Bertz CT molecular complexity index is 1070. The summed E-state index contributed by atoms with van der Waals surface area (Å²) in [5.41, 5.74) is 2.94. The summed E-state index contributed by atoms with van der Waals surface area (Å²) in [7, 11) is 0. The van der Waals surface area contributed by atoms with Crippen LogP contribution < -0.4 is 10.6 Å². The molecule has 3 aromatic rings. The molecule has 2 amide bonds. The molecule has 0 unspecified atom stereocenters. The van der Waals surface area contributed by atoms with E-state index in [-0.39, 0.29) is 6.54 Å². The second-order valence-corrected chi connectivity index (χ2v) is 7.19. The quantitative estimate of drug-likeness (QED) is 0.540. The number of carbonyl (C=O) groups is 3. The molecule has 0 radical (unpaired) electrons. The van der Waals surface area contributed by atoms with E-state index in [9.17, 15) is 14.4 Å². The maximum absolute atomic E-state index is 12.3. The van der Waals surface area contributed by atoms with Gasteiger partial charge in [-0.2, -0.15) is 0 Å². The molecule has 0 aliphatic carbocycles. The van der Waals surface area contributed by atoms with E-state index in [2.05, 4.69) is 10.6 Å². The number of hydrogen-bond donors (Lipinski definition) is 2. The van der Waals surface area contributed by atoms with Crippen molar-refractivity contribution >= 4 is 35.1 Å². The molecule has 0 heterocycles. The van der Waals surface area contributed by atoms with Gasteiger partial charge in [0.15, 0.2) is 6.10 Å². The second-order valence-electron chi connectivity index (χ2n) is 6.76. The number of esters is 1. The van der Waals surface area contributed by atoms with E-state index >= 15 is 0 Å². The van der Waals surface area contributed by atoms with E-state index < -0.39 is 23.9 Å². The first kappa shape index (κ1) is 22.1. The molecular formula is C24H21ClN2O4. The predicted octanol–water partition coefficient (Wildman–Crippen LogP) is 4.31. The van der Waals surface area contributed by atoms with Crippen LogP contribution in [0.4, 0.5) is 5.69 Å². The van der Waals surface area contributed by atoms with Gasteiger partial charge in [-0.05, 0) is 48.4 Å². The van der Waals surface area contributed by atoms with Crippen LogP contribution in [0.1, 0.15) is 17.3 Å². The van der Waals surface area contributed by atoms with Crippen molar-refractivity contribution < 1.29 is 19.1 Å². The molecule has 0 spiro atoms.